The molecule has 2 aromatic carbocycles. The molecular weight excluding hydrogens is 282 g/mol. The average molecular weight is 294 g/mol. The Labute approximate surface area is 119 Å². The molecule has 0 aliphatic carbocycles. The molecule has 0 fully saturated rings. The molecule has 2 aromatic rings. The van der Waals surface area contributed by atoms with Gasteiger partial charge in [0.2, 0.25) is 0 Å². The number of non-ortho nitro benzene ring substituents is 1. The second kappa shape index (κ2) is 5.84. The highest BCUT2D eigenvalue weighted by Gasteiger charge is 2.15. The maximum atomic E-state index is 13.8. The van der Waals surface area contributed by atoms with Gasteiger partial charge in [0, 0.05) is 17.7 Å². The molecule has 0 spiro atoms. The van der Waals surface area contributed by atoms with Crippen molar-refractivity contribution in [1.82, 2.24) is 0 Å². The van der Waals surface area contributed by atoms with Gasteiger partial charge in [-0.1, -0.05) is 0 Å². The predicted molar refractivity (Wildman–Crippen MR) is 72.1 cm³/mol. The highest BCUT2D eigenvalue weighted by molar-refractivity contribution is 5.43. The molecule has 1 atom stereocenters. The maximum absolute atomic E-state index is 13.8. The lowest BCUT2D eigenvalue weighted by Gasteiger charge is -2.14. The lowest BCUT2D eigenvalue weighted by atomic mass is 10.1. The van der Waals surface area contributed by atoms with Crippen LogP contribution >= 0.6 is 0 Å². The van der Waals surface area contributed by atoms with E-state index in [2.05, 4.69) is 0 Å². The van der Waals surface area contributed by atoms with Crippen LogP contribution in [0.15, 0.2) is 36.4 Å². The number of nitro benzene ring substituents is 1. The zero-order valence-corrected chi connectivity index (χ0v) is 11.0. The third kappa shape index (κ3) is 3.32. The van der Waals surface area contributed by atoms with Crippen molar-refractivity contribution < 1.29 is 18.4 Å². The smallest absolute Gasteiger partial charge is 0.272 e. The van der Waals surface area contributed by atoms with Crippen LogP contribution in [0.25, 0.3) is 0 Å². The maximum Gasteiger partial charge on any atom is 0.272 e. The summed E-state index contributed by atoms with van der Waals surface area (Å²) < 4.78 is 32.3. The molecule has 110 valence electrons. The molecular formula is C14H12F2N2O3. The molecule has 2 rings (SSSR count). The Hall–Kier alpha value is -2.54. The lowest BCUT2D eigenvalue weighted by Crippen LogP contribution is -2.07. The van der Waals surface area contributed by atoms with E-state index in [0.717, 1.165) is 24.3 Å². The molecule has 2 N–H and O–H groups in total. The first kappa shape index (κ1) is 14.9. The Morgan fingerprint density at radius 2 is 1.86 bits per heavy atom. The molecule has 21 heavy (non-hydrogen) atoms. The zero-order valence-electron chi connectivity index (χ0n) is 11.0. The zero-order chi connectivity index (χ0) is 15.6. The summed E-state index contributed by atoms with van der Waals surface area (Å²) >= 11 is 0. The van der Waals surface area contributed by atoms with Crippen LogP contribution in [0.3, 0.4) is 0 Å². The largest absolute Gasteiger partial charge is 0.454 e. The molecule has 0 radical (unpaired) electrons. The van der Waals surface area contributed by atoms with Crippen molar-refractivity contribution >= 4 is 5.69 Å². The van der Waals surface area contributed by atoms with Crippen molar-refractivity contribution in [2.45, 2.75) is 13.0 Å². The SMILES string of the molecule is CC(N)c1cc(F)ccc1Oc1ccc([N+](=O)[O-])cc1F. The topological polar surface area (TPSA) is 78.4 Å². The second-order valence-electron chi connectivity index (χ2n) is 4.44. The van der Waals surface area contributed by atoms with Gasteiger partial charge in [0.25, 0.3) is 5.69 Å². The van der Waals surface area contributed by atoms with Crippen LogP contribution in [0.2, 0.25) is 0 Å². The van der Waals surface area contributed by atoms with Crippen molar-refractivity contribution in [3.8, 4) is 11.5 Å². The van der Waals surface area contributed by atoms with Gasteiger partial charge in [0.1, 0.15) is 11.6 Å². The highest BCUT2D eigenvalue weighted by atomic mass is 19.1. The summed E-state index contributed by atoms with van der Waals surface area (Å²) in [5, 5.41) is 10.5. The Kier molecular flexibility index (Phi) is 4.13. The van der Waals surface area contributed by atoms with E-state index in [1.807, 2.05) is 0 Å². The number of nitrogens with zero attached hydrogens (tertiary/aromatic N) is 1. The standard InChI is InChI=1S/C14H12F2N2O3/c1-8(17)11-6-9(15)2-4-13(11)21-14-5-3-10(18(19)20)7-12(14)16/h2-8H,17H2,1H3. The number of nitro groups is 1. The second-order valence-corrected chi connectivity index (χ2v) is 4.44. The Balaban J connectivity index is 2.36. The number of hydrogen-bond acceptors (Lipinski definition) is 4. The van der Waals surface area contributed by atoms with Gasteiger partial charge in [-0.25, -0.2) is 8.78 Å². The van der Waals surface area contributed by atoms with Crippen LogP contribution in [-0.2, 0) is 0 Å². The molecule has 0 aliphatic rings. The van der Waals surface area contributed by atoms with E-state index in [9.17, 15) is 18.9 Å². The summed E-state index contributed by atoms with van der Waals surface area (Å²) in [6.07, 6.45) is 0. The summed E-state index contributed by atoms with van der Waals surface area (Å²) in [4.78, 5) is 9.83. The van der Waals surface area contributed by atoms with E-state index in [0.29, 0.717) is 5.56 Å². The van der Waals surface area contributed by atoms with Gasteiger partial charge < -0.3 is 10.5 Å². The molecule has 7 heteroatoms. The molecule has 0 amide bonds. The summed E-state index contributed by atoms with van der Waals surface area (Å²) in [5.41, 5.74) is 5.69. The number of hydrogen-bond donors (Lipinski definition) is 1. The number of ether oxygens (including phenoxy) is 1. The fourth-order valence-electron chi connectivity index (χ4n) is 1.77. The number of halogens is 2. The fraction of sp³-hybridized carbons (Fsp3) is 0.143. The van der Waals surface area contributed by atoms with Crippen LogP contribution in [0.5, 0.6) is 11.5 Å². The van der Waals surface area contributed by atoms with Gasteiger partial charge in [-0.15, -0.1) is 0 Å². The fourth-order valence-corrected chi connectivity index (χ4v) is 1.77. The molecule has 0 aromatic heterocycles. The van der Waals surface area contributed by atoms with E-state index in [1.54, 1.807) is 6.92 Å². The van der Waals surface area contributed by atoms with E-state index in [4.69, 9.17) is 10.5 Å². The van der Waals surface area contributed by atoms with Crippen LogP contribution in [0.1, 0.15) is 18.5 Å². The quantitative estimate of drug-likeness (QED) is 0.689. The number of nitrogens with two attached hydrogens (primary N) is 1. The van der Waals surface area contributed by atoms with E-state index in [1.165, 1.54) is 12.1 Å². The van der Waals surface area contributed by atoms with Crippen molar-refractivity contribution in [3.63, 3.8) is 0 Å². The first-order valence-corrected chi connectivity index (χ1v) is 6.05. The van der Waals surface area contributed by atoms with E-state index >= 15 is 0 Å². The van der Waals surface area contributed by atoms with Crippen molar-refractivity contribution in [1.29, 1.82) is 0 Å². The van der Waals surface area contributed by atoms with Gasteiger partial charge in [0.05, 0.1) is 11.0 Å². The molecule has 5 nitrogen and oxygen atoms in total. The highest BCUT2D eigenvalue weighted by Crippen LogP contribution is 2.32. The van der Waals surface area contributed by atoms with E-state index < -0.39 is 22.6 Å². The van der Waals surface area contributed by atoms with Crippen LogP contribution in [0.4, 0.5) is 14.5 Å². The minimum Gasteiger partial charge on any atom is -0.454 e. The predicted octanol–water partition coefficient (Wildman–Crippen LogP) is 3.69. The number of rotatable bonds is 4. The molecule has 1 unspecified atom stereocenters. The Bertz CT molecular complexity index is 690. The van der Waals surface area contributed by atoms with Gasteiger partial charge in [-0.2, -0.15) is 0 Å². The van der Waals surface area contributed by atoms with Gasteiger partial charge in [-0.05, 0) is 31.2 Å². The summed E-state index contributed by atoms with van der Waals surface area (Å²) in [6.45, 7) is 1.63. The summed E-state index contributed by atoms with van der Waals surface area (Å²) in [6, 6.07) is 6.18. The molecule has 0 saturated carbocycles. The average Bonchev–Trinajstić information content (AvgIpc) is 2.42. The minimum absolute atomic E-state index is 0.194. The van der Waals surface area contributed by atoms with Crippen molar-refractivity contribution in [3.05, 3.63) is 63.7 Å². The van der Waals surface area contributed by atoms with Crippen molar-refractivity contribution in [2.75, 3.05) is 0 Å². The van der Waals surface area contributed by atoms with Gasteiger partial charge in [-0.3, -0.25) is 10.1 Å². The third-order valence-corrected chi connectivity index (χ3v) is 2.81. The molecule has 0 bridgehead atoms. The normalized spacial score (nSPS) is 12.0. The van der Waals surface area contributed by atoms with Gasteiger partial charge in [0.15, 0.2) is 11.6 Å². The van der Waals surface area contributed by atoms with Crippen LogP contribution in [-0.4, -0.2) is 4.92 Å². The molecule has 0 saturated heterocycles. The monoisotopic (exact) mass is 294 g/mol. The minimum atomic E-state index is -0.885. The molecule has 0 aliphatic heterocycles. The van der Waals surface area contributed by atoms with Crippen molar-refractivity contribution in [2.24, 2.45) is 5.73 Å². The first-order valence-electron chi connectivity index (χ1n) is 6.05. The lowest BCUT2D eigenvalue weighted by molar-refractivity contribution is -0.385. The van der Waals surface area contributed by atoms with Crippen LogP contribution < -0.4 is 10.5 Å². The Morgan fingerprint density at radius 3 is 2.43 bits per heavy atom. The van der Waals surface area contributed by atoms with E-state index in [-0.39, 0.29) is 17.2 Å². The number of benzene rings is 2. The Morgan fingerprint density at radius 1 is 1.19 bits per heavy atom. The molecule has 0 heterocycles. The summed E-state index contributed by atoms with van der Waals surface area (Å²) in [7, 11) is 0. The summed E-state index contributed by atoms with van der Waals surface area (Å²) in [5.74, 6) is -1.38. The third-order valence-electron chi connectivity index (χ3n) is 2.81. The van der Waals surface area contributed by atoms with Crippen LogP contribution in [0, 0.1) is 21.7 Å². The van der Waals surface area contributed by atoms with Gasteiger partial charge >= 0.3 is 0 Å². The first-order chi connectivity index (χ1) is 9.88.